The highest BCUT2D eigenvalue weighted by molar-refractivity contribution is 5.85. The minimum atomic E-state index is 0. The number of halogens is 2. The summed E-state index contributed by atoms with van der Waals surface area (Å²) in [5, 5.41) is 3.46. The molecular formula is C18H30Cl2N2O2. The molecule has 3 rings (SSSR count). The van der Waals surface area contributed by atoms with Gasteiger partial charge in [0.25, 0.3) is 0 Å². The van der Waals surface area contributed by atoms with Gasteiger partial charge in [-0.3, -0.25) is 4.90 Å². The molecule has 0 unspecified atom stereocenters. The molecule has 0 bridgehead atoms. The predicted octanol–water partition coefficient (Wildman–Crippen LogP) is 3.68. The van der Waals surface area contributed by atoms with Crippen molar-refractivity contribution in [3.63, 3.8) is 0 Å². The van der Waals surface area contributed by atoms with Crippen LogP contribution in [0.15, 0.2) is 18.2 Å². The predicted molar refractivity (Wildman–Crippen MR) is 103 cm³/mol. The zero-order valence-corrected chi connectivity index (χ0v) is 16.3. The topological polar surface area (TPSA) is 33.7 Å². The van der Waals surface area contributed by atoms with Gasteiger partial charge < -0.3 is 14.8 Å². The fourth-order valence-corrected chi connectivity index (χ4v) is 3.64. The number of nitrogens with zero attached hydrogens (tertiary/aromatic N) is 1. The molecule has 138 valence electrons. The van der Waals surface area contributed by atoms with E-state index < -0.39 is 0 Å². The number of piperazine rings is 1. The van der Waals surface area contributed by atoms with Crippen LogP contribution in [0.4, 0.5) is 0 Å². The molecule has 1 N–H and O–H groups in total. The molecule has 6 heteroatoms. The van der Waals surface area contributed by atoms with Gasteiger partial charge in [-0.2, -0.15) is 0 Å². The highest BCUT2D eigenvalue weighted by atomic mass is 35.5. The Hall–Kier alpha value is -0.680. The van der Waals surface area contributed by atoms with E-state index in [-0.39, 0.29) is 24.8 Å². The molecule has 1 aliphatic heterocycles. The molecule has 4 nitrogen and oxygen atoms in total. The van der Waals surface area contributed by atoms with Gasteiger partial charge in [0, 0.05) is 32.2 Å². The Kier molecular flexibility index (Phi) is 9.21. The van der Waals surface area contributed by atoms with E-state index >= 15 is 0 Å². The molecule has 24 heavy (non-hydrogen) atoms. The highest BCUT2D eigenvalue weighted by Gasteiger charge is 2.33. The smallest absolute Gasteiger partial charge is 0.161 e. The Morgan fingerprint density at radius 1 is 1.17 bits per heavy atom. The lowest BCUT2D eigenvalue weighted by Crippen LogP contribution is -2.47. The summed E-state index contributed by atoms with van der Waals surface area (Å²) in [5.41, 5.74) is 1.39. The quantitative estimate of drug-likeness (QED) is 0.820. The third-order valence-corrected chi connectivity index (χ3v) is 4.97. The van der Waals surface area contributed by atoms with Crippen molar-refractivity contribution in [3.05, 3.63) is 23.8 Å². The van der Waals surface area contributed by atoms with Crippen molar-refractivity contribution < 1.29 is 9.47 Å². The van der Waals surface area contributed by atoms with Crippen molar-refractivity contribution >= 4 is 24.8 Å². The third-order valence-electron chi connectivity index (χ3n) is 4.97. The van der Waals surface area contributed by atoms with Crippen LogP contribution in [0.3, 0.4) is 0 Å². The second kappa shape index (κ2) is 10.3. The van der Waals surface area contributed by atoms with E-state index in [1.807, 2.05) is 6.92 Å². The maximum absolute atomic E-state index is 5.78. The van der Waals surface area contributed by atoms with Crippen LogP contribution in [0.2, 0.25) is 0 Å². The number of nitrogens with one attached hydrogen (secondary N) is 1. The van der Waals surface area contributed by atoms with Crippen LogP contribution in [-0.2, 0) is 0 Å². The first kappa shape index (κ1) is 21.4. The van der Waals surface area contributed by atoms with Crippen molar-refractivity contribution in [2.75, 3.05) is 39.9 Å². The van der Waals surface area contributed by atoms with Gasteiger partial charge >= 0.3 is 0 Å². The molecule has 0 radical (unpaired) electrons. The third kappa shape index (κ3) is 4.69. The van der Waals surface area contributed by atoms with Crippen molar-refractivity contribution in [2.45, 2.75) is 32.2 Å². The van der Waals surface area contributed by atoms with Crippen molar-refractivity contribution in [1.29, 1.82) is 0 Å². The Labute approximate surface area is 158 Å². The van der Waals surface area contributed by atoms with Crippen molar-refractivity contribution in [2.24, 2.45) is 5.92 Å². The molecular weight excluding hydrogens is 347 g/mol. The summed E-state index contributed by atoms with van der Waals surface area (Å²) < 4.78 is 11.2. The normalized spacial score (nSPS) is 19.4. The molecule has 2 aliphatic rings. The second-order valence-electron chi connectivity index (χ2n) is 6.27. The van der Waals surface area contributed by atoms with Gasteiger partial charge in [0.1, 0.15) is 0 Å². The Morgan fingerprint density at radius 2 is 1.88 bits per heavy atom. The fraction of sp³-hybridized carbons (Fsp3) is 0.667. The SMILES string of the molecule is CCOc1cc([C@@H](C2CCC2)N2CCNCC2)ccc1OC.Cl.Cl. The molecule has 0 spiro atoms. The average molecular weight is 377 g/mol. The van der Waals surface area contributed by atoms with Gasteiger partial charge in [0.2, 0.25) is 0 Å². The van der Waals surface area contributed by atoms with E-state index in [0.29, 0.717) is 12.6 Å². The minimum Gasteiger partial charge on any atom is -0.493 e. The molecule has 1 heterocycles. The van der Waals surface area contributed by atoms with Crippen molar-refractivity contribution in [1.82, 2.24) is 10.2 Å². The van der Waals surface area contributed by atoms with Gasteiger partial charge in [-0.25, -0.2) is 0 Å². The molecule has 2 fully saturated rings. The van der Waals surface area contributed by atoms with Crippen LogP contribution < -0.4 is 14.8 Å². The van der Waals surface area contributed by atoms with E-state index in [9.17, 15) is 0 Å². The number of methoxy groups -OCH3 is 1. The van der Waals surface area contributed by atoms with E-state index in [2.05, 4.69) is 28.4 Å². The number of hydrogen-bond acceptors (Lipinski definition) is 4. The van der Waals surface area contributed by atoms with Gasteiger partial charge in [-0.05, 0) is 43.4 Å². The van der Waals surface area contributed by atoms with E-state index in [1.54, 1.807) is 7.11 Å². The van der Waals surface area contributed by atoms with Crippen LogP contribution in [0.1, 0.15) is 37.8 Å². The fourth-order valence-electron chi connectivity index (χ4n) is 3.64. The largest absolute Gasteiger partial charge is 0.493 e. The summed E-state index contributed by atoms with van der Waals surface area (Å²) in [4.78, 5) is 2.65. The monoisotopic (exact) mass is 376 g/mol. The molecule has 1 aliphatic carbocycles. The molecule has 1 atom stereocenters. The Balaban J connectivity index is 0.00000144. The van der Waals surface area contributed by atoms with E-state index in [4.69, 9.17) is 9.47 Å². The van der Waals surface area contributed by atoms with Crippen LogP contribution in [0.25, 0.3) is 0 Å². The van der Waals surface area contributed by atoms with Crippen LogP contribution in [-0.4, -0.2) is 44.8 Å². The highest BCUT2D eigenvalue weighted by Crippen LogP contribution is 2.43. The lowest BCUT2D eigenvalue weighted by Gasteiger charge is -2.43. The first-order valence-electron chi connectivity index (χ1n) is 8.59. The van der Waals surface area contributed by atoms with Gasteiger partial charge in [-0.15, -0.1) is 24.8 Å². The zero-order chi connectivity index (χ0) is 15.4. The first-order valence-corrected chi connectivity index (χ1v) is 8.59. The number of benzene rings is 1. The van der Waals surface area contributed by atoms with E-state index in [1.165, 1.54) is 24.8 Å². The summed E-state index contributed by atoms with van der Waals surface area (Å²) in [6.07, 6.45) is 4.08. The summed E-state index contributed by atoms with van der Waals surface area (Å²) in [6, 6.07) is 7.02. The standard InChI is InChI=1S/C18H28N2O2.2ClH/c1-3-22-17-13-15(7-8-16(17)21-2)18(14-5-4-6-14)20-11-9-19-10-12-20;;/h7-8,13-14,18-19H,3-6,9-12H2,1-2H3;2*1H/t18-;;/m1../s1. The molecule has 1 aromatic carbocycles. The maximum atomic E-state index is 5.78. The maximum Gasteiger partial charge on any atom is 0.161 e. The van der Waals surface area contributed by atoms with Crippen LogP contribution in [0.5, 0.6) is 11.5 Å². The Bertz CT molecular complexity index is 492. The van der Waals surface area contributed by atoms with Crippen molar-refractivity contribution in [3.8, 4) is 11.5 Å². The number of hydrogen-bond donors (Lipinski definition) is 1. The average Bonchev–Trinajstić information content (AvgIpc) is 2.52. The number of ether oxygens (including phenoxy) is 2. The zero-order valence-electron chi connectivity index (χ0n) is 14.6. The summed E-state index contributed by atoms with van der Waals surface area (Å²) >= 11 is 0. The lowest BCUT2D eigenvalue weighted by atomic mass is 9.76. The second-order valence-corrected chi connectivity index (χ2v) is 6.27. The van der Waals surface area contributed by atoms with Crippen LogP contribution >= 0.6 is 24.8 Å². The summed E-state index contributed by atoms with van der Waals surface area (Å²) in [6.45, 7) is 7.15. The number of rotatable bonds is 6. The molecule has 0 aromatic heterocycles. The van der Waals surface area contributed by atoms with E-state index in [0.717, 1.165) is 43.6 Å². The summed E-state index contributed by atoms with van der Waals surface area (Å²) in [7, 11) is 1.71. The van der Waals surface area contributed by atoms with Gasteiger partial charge in [0.05, 0.1) is 13.7 Å². The molecule has 1 aromatic rings. The first-order chi connectivity index (χ1) is 10.8. The molecule has 1 saturated heterocycles. The Morgan fingerprint density at radius 3 is 2.42 bits per heavy atom. The van der Waals surface area contributed by atoms with Gasteiger partial charge in [-0.1, -0.05) is 12.5 Å². The minimum absolute atomic E-state index is 0. The lowest BCUT2D eigenvalue weighted by molar-refractivity contribution is 0.0834. The molecule has 0 amide bonds. The van der Waals surface area contributed by atoms with Crippen LogP contribution in [0, 0.1) is 5.92 Å². The van der Waals surface area contributed by atoms with Gasteiger partial charge in [0.15, 0.2) is 11.5 Å². The molecule has 1 saturated carbocycles. The summed E-state index contributed by atoms with van der Waals surface area (Å²) in [5.74, 6) is 2.50.